The number of benzene rings is 1. The van der Waals surface area contributed by atoms with Crippen LogP contribution in [0.1, 0.15) is 60.7 Å². The van der Waals surface area contributed by atoms with Crippen LogP contribution in [-0.4, -0.2) is 48.1 Å². The fourth-order valence-electron chi connectivity index (χ4n) is 5.22. The molecular formula is C26H28ClF3N4O3S. The second-order valence-electron chi connectivity index (χ2n) is 10.0. The van der Waals surface area contributed by atoms with Gasteiger partial charge in [-0.1, -0.05) is 29.8 Å². The topological polar surface area (TPSA) is 94.1 Å². The zero-order chi connectivity index (χ0) is 27.2. The lowest BCUT2D eigenvalue weighted by molar-refractivity contribution is -0.0691. The minimum Gasteiger partial charge on any atom is -0.381 e. The van der Waals surface area contributed by atoms with Gasteiger partial charge in [0.15, 0.2) is 5.65 Å². The van der Waals surface area contributed by atoms with Crippen LogP contribution in [0.5, 0.6) is 0 Å². The molecule has 2 fully saturated rings. The quantitative estimate of drug-likeness (QED) is 0.380. The van der Waals surface area contributed by atoms with Gasteiger partial charge < -0.3 is 10.1 Å². The first kappa shape index (κ1) is 27.1. The van der Waals surface area contributed by atoms with Gasteiger partial charge in [-0.15, -0.1) is 0 Å². The number of aryl methyl sites for hydroxylation is 1. The highest BCUT2D eigenvalue weighted by Crippen LogP contribution is 2.43. The van der Waals surface area contributed by atoms with Crippen LogP contribution in [0.4, 0.5) is 19.0 Å². The molecule has 2 aliphatic heterocycles. The molecular weight excluding hydrogens is 541 g/mol. The average Bonchev–Trinajstić information content (AvgIpc) is 3.40. The number of pyridine rings is 1. The number of hydrogen-bond donors (Lipinski definition) is 1. The molecule has 0 radical (unpaired) electrons. The Kier molecular flexibility index (Phi) is 7.30. The van der Waals surface area contributed by atoms with Crippen molar-refractivity contribution >= 4 is 38.3 Å². The predicted octanol–water partition coefficient (Wildman–Crippen LogP) is 5.72. The van der Waals surface area contributed by atoms with Crippen molar-refractivity contribution in [3.8, 4) is 0 Å². The zero-order valence-electron chi connectivity index (χ0n) is 21.0. The highest BCUT2D eigenvalue weighted by atomic mass is 35.5. The second kappa shape index (κ2) is 10.2. The van der Waals surface area contributed by atoms with Gasteiger partial charge in [-0.25, -0.2) is 36.5 Å². The summed E-state index contributed by atoms with van der Waals surface area (Å²) in [6.07, 6.45) is 1.03. The Morgan fingerprint density at radius 2 is 1.89 bits per heavy atom. The molecule has 3 aromatic rings. The highest BCUT2D eigenvalue weighted by molar-refractivity contribution is 7.91. The Morgan fingerprint density at radius 1 is 1.16 bits per heavy atom. The summed E-state index contributed by atoms with van der Waals surface area (Å²) in [5.41, 5.74) is 0.450. The van der Waals surface area contributed by atoms with Crippen molar-refractivity contribution in [2.45, 2.75) is 51.0 Å². The fraction of sp³-hybridized carbons (Fsp3) is 0.500. The number of halogens is 4. The molecule has 2 aliphatic rings. The smallest absolute Gasteiger partial charge is 0.281 e. The van der Waals surface area contributed by atoms with Gasteiger partial charge in [0.25, 0.3) is 5.92 Å². The third-order valence-electron chi connectivity index (χ3n) is 7.42. The van der Waals surface area contributed by atoms with Crippen LogP contribution >= 0.6 is 11.6 Å². The van der Waals surface area contributed by atoms with Crippen LogP contribution in [0.2, 0.25) is 5.15 Å². The number of nitrogens with one attached hydrogen (secondary N) is 1. The van der Waals surface area contributed by atoms with Crippen LogP contribution in [0, 0.1) is 18.7 Å². The summed E-state index contributed by atoms with van der Waals surface area (Å²) in [5, 5.41) is 3.93. The van der Waals surface area contributed by atoms with E-state index in [2.05, 4.69) is 20.3 Å². The molecule has 0 spiro atoms. The minimum atomic E-state index is -3.36. The molecule has 5 rings (SSSR count). The van der Waals surface area contributed by atoms with E-state index in [1.807, 2.05) is 0 Å². The first-order chi connectivity index (χ1) is 18.0. The van der Waals surface area contributed by atoms with Crippen molar-refractivity contribution in [2.24, 2.45) is 5.92 Å². The number of nitrogens with zero attached hydrogens (tertiary/aromatic N) is 3. The van der Waals surface area contributed by atoms with E-state index in [0.717, 1.165) is 6.07 Å². The SMILES string of the molecule is Cc1nc(NC(C)c2cccc(C(F)(F)C3CCOC3)c2F)c2cc(C3CCS(=O)(=O)CC3)c(Cl)nc2n1. The van der Waals surface area contributed by atoms with E-state index < -0.39 is 39.1 Å². The monoisotopic (exact) mass is 568 g/mol. The predicted molar refractivity (Wildman–Crippen MR) is 139 cm³/mol. The number of aromatic nitrogens is 3. The number of alkyl halides is 2. The van der Waals surface area contributed by atoms with Crippen molar-refractivity contribution < 1.29 is 26.3 Å². The van der Waals surface area contributed by atoms with E-state index in [9.17, 15) is 8.42 Å². The maximum Gasteiger partial charge on any atom is 0.281 e. The van der Waals surface area contributed by atoms with E-state index >= 15 is 13.2 Å². The minimum absolute atomic E-state index is 0.0742. The average molecular weight is 569 g/mol. The lowest BCUT2D eigenvalue weighted by Gasteiger charge is -2.25. The summed E-state index contributed by atoms with van der Waals surface area (Å²) in [7, 11) is -3.06. The summed E-state index contributed by atoms with van der Waals surface area (Å²) in [5.74, 6) is -4.60. The number of ether oxygens (including phenoxy) is 1. The Balaban J connectivity index is 1.48. The van der Waals surface area contributed by atoms with Crippen molar-refractivity contribution in [1.82, 2.24) is 15.0 Å². The Labute approximate surface area is 224 Å². The van der Waals surface area contributed by atoms with Gasteiger partial charge in [-0.05, 0) is 50.7 Å². The van der Waals surface area contributed by atoms with E-state index in [0.29, 0.717) is 41.1 Å². The molecule has 1 aromatic carbocycles. The first-order valence-electron chi connectivity index (χ1n) is 12.5. The molecule has 2 atom stereocenters. The molecule has 38 heavy (non-hydrogen) atoms. The van der Waals surface area contributed by atoms with E-state index in [1.54, 1.807) is 19.9 Å². The zero-order valence-corrected chi connectivity index (χ0v) is 22.6. The van der Waals surface area contributed by atoms with E-state index in [4.69, 9.17) is 16.3 Å². The van der Waals surface area contributed by atoms with Crippen molar-refractivity contribution in [2.75, 3.05) is 30.0 Å². The van der Waals surface area contributed by atoms with Gasteiger partial charge in [-0.3, -0.25) is 0 Å². The number of rotatable bonds is 6. The Bertz CT molecular complexity index is 1470. The molecule has 0 aliphatic carbocycles. The summed E-state index contributed by atoms with van der Waals surface area (Å²) in [6.45, 7) is 3.46. The normalized spacial score (nSPS) is 21.1. The van der Waals surface area contributed by atoms with Crippen molar-refractivity contribution in [1.29, 1.82) is 0 Å². The molecule has 204 valence electrons. The Hall–Kier alpha value is -2.50. The molecule has 1 N–H and O–H groups in total. The molecule has 12 heteroatoms. The van der Waals surface area contributed by atoms with Crippen molar-refractivity contribution in [3.63, 3.8) is 0 Å². The summed E-state index contributed by atoms with van der Waals surface area (Å²) >= 11 is 6.48. The molecule has 4 heterocycles. The lowest BCUT2D eigenvalue weighted by Crippen LogP contribution is -2.28. The number of hydrogen-bond acceptors (Lipinski definition) is 7. The summed E-state index contributed by atoms with van der Waals surface area (Å²) < 4.78 is 74.7. The lowest BCUT2D eigenvalue weighted by atomic mass is 9.91. The first-order valence-corrected chi connectivity index (χ1v) is 14.7. The summed E-state index contributed by atoms with van der Waals surface area (Å²) in [4.78, 5) is 13.3. The van der Waals surface area contributed by atoms with Gasteiger partial charge in [0.05, 0.1) is 41.0 Å². The highest BCUT2D eigenvalue weighted by Gasteiger charge is 2.45. The van der Waals surface area contributed by atoms with Crippen molar-refractivity contribution in [3.05, 3.63) is 57.8 Å². The molecule has 7 nitrogen and oxygen atoms in total. The number of sulfone groups is 1. The van der Waals surface area contributed by atoms with Gasteiger partial charge in [-0.2, -0.15) is 0 Å². The Morgan fingerprint density at radius 3 is 2.58 bits per heavy atom. The molecule has 2 unspecified atom stereocenters. The van der Waals surface area contributed by atoms with Crippen LogP contribution < -0.4 is 5.32 Å². The largest absolute Gasteiger partial charge is 0.381 e. The van der Waals surface area contributed by atoms with Gasteiger partial charge >= 0.3 is 0 Å². The van der Waals surface area contributed by atoms with Gasteiger partial charge in [0, 0.05) is 12.2 Å². The molecule has 0 saturated carbocycles. The molecule has 2 saturated heterocycles. The number of fused-ring (bicyclic) bond motifs is 1. The van der Waals surface area contributed by atoms with Gasteiger partial charge in [0.2, 0.25) is 0 Å². The maximum absolute atomic E-state index is 15.5. The molecule has 2 aromatic heterocycles. The maximum atomic E-state index is 15.5. The van der Waals surface area contributed by atoms with E-state index in [-0.39, 0.29) is 47.8 Å². The number of anilines is 1. The van der Waals surface area contributed by atoms with Crippen LogP contribution in [0.15, 0.2) is 24.3 Å². The third-order valence-corrected chi connectivity index (χ3v) is 9.44. The third kappa shape index (κ3) is 5.20. The van der Waals surface area contributed by atoms with Crippen LogP contribution in [-0.2, 0) is 20.5 Å². The van der Waals surface area contributed by atoms with Crippen LogP contribution in [0.25, 0.3) is 11.0 Å². The van der Waals surface area contributed by atoms with Crippen LogP contribution in [0.3, 0.4) is 0 Å². The van der Waals surface area contributed by atoms with E-state index in [1.165, 1.54) is 12.1 Å². The second-order valence-corrected chi connectivity index (χ2v) is 12.7. The standard InChI is InChI=1S/C26H28ClF3N4O3S/c1-14(18-4-3-5-21(22(18)28)26(29,30)17-6-9-37-13-17)31-24-20-12-19(16-7-10-38(35,36)11-8-16)23(27)34-25(20)33-15(2)32-24/h3-5,12,14,16-17H,6-11,13H2,1-2H3,(H,31,32,33,34). The fourth-order valence-corrected chi connectivity index (χ4v) is 7.00. The van der Waals surface area contributed by atoms with Gasteiger partial charge in [0.1, 0.15) is 32.4 Å². The summed E-state index contributed by atoms with van der Waals surface area (Å²) in [6, 6.07) is 5.09. The molecule has 0 bridgehead atoms. The molecule has 0 amide bonds.